The number of carbonyl (C=O) groups excluding carboxylic acids is 1. The van der Waals surface area contributed by atoms with Crippen molar-refractivity contribution in [2.45, 2.75) is 20.0 Å². The highest BCUT2D eigenvalue weighted by Crippen LogP contribution is 2.20. The van der Waals surface area contributed by atoms with E-state index in [1.165, 1.54) is 0 Å². The molecule has 0 aliphatic heterocycles. The number of amides is 1. The lowest BCUT2D eigenvalue weighted by Gasteiger charge is -2.09. The van der Waals surface area contributed by atoms with Crippen molar-refractivity contribution < 1.29 is 14.4 Å². The van der Waals surface area contributed by atoms with E-state index in [0.717, 1.165) is 16.5 Å². The van der Waals surface area contributed by atoms with Crippen LogP contribution in [0.25, 0.3) is 11.0 Å². The fraction of sp³-hybridized carbons (Fsp3) is 0.176. The van der Waals surface area contributed by atoms with Gasteiger partial charge in [-0.1, -0.05) is 29.4 Å². The summed E-state index contributed by atoms with van der Waals surface area (Å²) < 4.78 is 5.20. The van der Waals surface area contributed by atoms with E-state index in [1.54, 1.807) is 6.07 Å². The van der Waals surface area contributed by atoms with Gasteiger partial charge >= 0.3 is 0 Å². The molecule has 2 N–H and O–H groups in total. The van der Waals surface area contributed by atoms with Gasteiger partial charge in [0.05, 0.1) is 13.0 Å². The lowest BCUT2D eigenvalue weighted by Crippen LogP contribution is -2.15. The number of aliphatic hydroxyl groups is 1. The fourth-order valence-electron chi connectivity index (χ4n) is 2.31. The highest BCUT2D eigenvalue weighted by molar-refractivity contribution is 5.95. The van der Waals surface area contributed by atoms with Crippen LogP contribution in [-0.4, -0.2) is 16.2 Å². The van der Waals surface area contributed by atoms with Gasteiger partial charge in [0.2, 0.25) is 5.91 Å². The van der Waals surface area contributed by atoms with E-state index < -0.39 is 0 Å². The van der Waals surface area contributed by atoms with Gasteiger partial charge in [-0.05, 0) is 36.2 Å². The van der Waals surface area contributed by atoms with Crippen LogP contribution in [0.2, 0.25) is 0 Å². The summed E-state index contributed by atoms with van der Waals surface area (Å²) in [6.07, 6.45) is 0.139. The third kappa shape index (κ3) is 2.84. The summed E-state index contributed by atoms with van der Waals surface area (Å²) in [4.78, 5) is 12.2. The van der Waals surface area contributed by atoms with Crippen molar-refractivity contribution in [1.82, 2.24) is 5.16 Å². The second-order valence-electron chi connectivity index (χ2n) is 5.16. The predicted molar refractivity (Wildman–Crippen MR) is 83.4 cm³/mol. The predicted octanol–water partition coefficient (Wildman–Crippen LogP) is 2.81. The molecule has 5 heteroatoms. The highest BCUT2D eigenvalue weighted by atomic mass is 16.5. The van der Waals surface area contributed by atoms with Gasteiger partial charge in [0, 0.05) is 11.1 Å². The Morgan fingerprint density at radius 2 is 2.09 bits per heavy atom. The Kier molecular flexibility index (Phi) is 3.89. The van der Waals surface area contributed by atoms with Gasteiger partial charge < -0.3 is 14.9 Å². The summed E-state index contributed by atoms with van der Waals surface area (Å²) >= 11 is 0. The van der Waals surface area contributed by atoms with E-state index in [1.807, 2.05) is 43.3 Å². The number of fused-ring (bicyclic) bond motifs is 1. The zero-order valence-corrected chi connectivity index (χ0v) is 12.2. The summed E-state index contributed by atoms with van der Waals surface area (Å²) in [6, 6.07) is 12.9. The smallest absolute Gasteiger partial charge is 0.230 e. The molecule has 2 aromatic carbocycles. The molecular formula is C17H16N2O3. The number of hydrogen-bond donors (Lipinski definition) is 2. The van der Waals surface area contributed by atoms with Crippen LogP contribution in [0.4, 0.5) is 5.69 Å². The third-order valence-corrected chi connectivity index (χ3v) is 3.54. The van der Waals surface area contributed by atoms with E-state index in [-0.39, 0.29) is 18.9 Å². The van der Waals surface area contributed by atoms with Crippen LogP contribution in [0.3, 0.4) is 0 Å². The van der Waals surface area contributed by atoms with E-state index in [4.69, 9.17) is 4.52 Å². The number of rotatable bonds is 4. The molecule has 0 radical (unpaired) electrons. The molecule has 3 rings (SSSR count). The average molecular weight is 296 g/mol. The molecule has 0 saturated carbocycles. The Balaban J connectivity index is 1.78. The summed E-state index contributed by atoms with van der Waals surface area (Å²) in [6.45, 7) is 1.85. The highest BCUT2D eigenvalue weighted by Gasteiger charge is 2.13. The lowest BCUT2D eigenvalue weighted by atomic mass is 10.1. The van der Waals surface area contributed by atoms with Crippen molar-refractivity contribution in [3.63, 3.8) is 0 Å². The molecule has 5 nitrogen and oxygen atoms in total. The fourth-order valence-corrected chi connectivity index (χ4v) is 2.31. The molecule has 0 saturated heterocycles. The first-order valence-electron chi connectivity index (χ1n) is 7.01. The number of nitrogens with one attached hydrogen (secondary N) is 1. The molecule has 1 amide bonds. The molecule has 0 aliphatic carbocycles. The van der Waals surface area contributed by atoms with Gasteiger partial charge in [-0.3, -0.25) is 4.79 Å². The quantitative estimate of drug-likeness (QED) is 0.776. The maximum absolute atomic E-state index is 12.2. The standard InChI is InChI=1S/C17H16N2O3/c1-11-6-7-12(10-20)8-14(11)18-17(21)9-15-13-4-2-3-5-16(13)22-19-15/h2-8,20H,9-10H2,1H3,(H,18,21). The van der Waals surface area contributed by atoms with Crippen molar-refractivity contribution in [2.24, 2.45) is 0 Å². The monoisotopic (exact) mass is 296 g/mol. The Morgan fingerprint density at radius 3 is 2.91 bits per heavy atom. The SMILES string of the molecule is Cc1ccc(CO)cc1NC(=O)Cc1noc2ccccc12. The van der Waals surface area contributed by atoms with Crippen LogP contribution >= 0.6 is 0 Å². The van der Waals surface area contributed by atoms with Crippen molar-refractivity contribution in [2.75, 3.05) is 5.32 Å². The summed E-state index contributed by atoms with van der Waals surface area (Å²) in [5.41, 5.74) is 3.68. The molecule has 0 atom stereocenters. The number of para-hydroxylation sites is 1. The first-order valence-corrected chi connectivity index (χ1v) is 7.01. The summed E-state index contributed by atoms with van der Waals surface area (Å²) in [5, 5.41) is 16.8. The van der Waals surface area contributed by atoms with Crippen molar-refractivity contribution in [1.29, 1.82) is 0 Å². The molecule has 0 unspecified atom stereocenters. The molecule has 0 spiro atoms. The normalized spacial score (nSPS) is 10.8. The lowest BCUT2D eigenvalue weighted by molar-refractivity contribution is -0.115. The Bertz CT molecular complexity index is 824. The van der Waals surface area contributed by atoms with Crippen molar-refractivity contribution in [3.8, 4) is 0 Å². The minimum Gasteiger partial charge on any atom is -0.392 e. The molecular weight excluding hydrogens is 280 g/mol. The largest absolute Gasteiger partial charge is 0.392 e. The number of benzene rings is 2. The van der Waals surface area contributed by atoms with Gasteiger partial charge in [-0.2, -0.15) is 0 Å². The van der Waals surface area contributed by atoms with Crippen LogP contribution in [0.1, 0.15) is 16.8 Å². The van der Waals surface area contributed by atoms with E-state index in [0.29, 0.717) is 17.0 Å². The van der Waals surface area contributed by atoms with Crippen molar-refractivity contribution >= 4 is 22.6 Å². The molecule has 0 fully saturated rings. The second-order valence-corrected chi connectivity index (χ2v) is 5.16. The molecule has 0 bridgehead atoms. The van der Waals surface area contributed by atoms with Gasteiger partial charge in [-0.15, -0.1) is 0 Å². The van der Waals surface area contributed by atoms with E-state index >= 15 is 0 Å². The van der Waals surface area contributed by atoms with Gasteiger partial charge in [0.25, 0.3) is 0 Å². The Labute approximate surface area is 127 Å². The van der Waals surface area contributed by atoms with Crippen LogP contribution in [0.5, 0.6) is 0 Å². The molecule has 0 aliphatic rings. The number of aryl methyl sites for hydroxylation is 1. The number of anilines is 1. The van der Waals surface area contributed by atoms with Crippen LogP contribution < -0.4 is 5.32 Å². The summed E-state index contributed by atoms with van der Waals surface area (Å²) in [7, 11) is 0. The van der Waals surface area contributed by atoms with E-state index in [2.05, 4.69) is 10.5 Å². The van der Waals surface area contributed by atoms with Crippen LogP contribution in [-0.2, 0) is 17.8 Å². The molecule has 1 heterocycles. The first-order chi connectivity index (χ1) is 10.7. The minimum atomic E-state index is -0.169. The topological polar surface area (TPSA) is 75.4 Å². The number of nitrogens with zero attached hydrogens (tertiary/aromatic N) is 1. The third-order valence-electron chi connectivity index (χ3n) is 3.54. The van der Waals surface area contributed by atoms with Crippen LogP contribution in [0, 0.1) is 6.92 Å². The molecule has 3 aromatic rings. The zero-order valence-electron chi connectivity index (χ0n) is 12.2. The molecule has 112 valence electrons. The zero-order chi connectivity index (χ0) is 15.5. The van der Waals surface area contributed by atoms with E-state index in [9.17, 15) is 9.90 Å². The second kappa shape index (κ2) is 5.99. The number of aromatic nitrogens is 1. The van der Waals surface area contributed by atoms with Gasteiger partial charge in [0.1, 0.15) is 5.69 Å². The van der Waals surface area contributed by atoms with Gasteiger partial charge in [0.15, 0.2) is 5.58 Å². The number of hydrogen-bond acceptors (Lipinski definition) is 4. The molecule has 1 aromatic heterocycles. The number of aliphatic hydroxyl groups excluding tert-OH is 1. The average Bonchev–Trinajstić information content (AvgIpc) is 2.93. The maximum atomic E-state index is 12.2. The summed E-state index contributed by atoms with van der Waals surface area (Å²) in [5.74, 6) is -0.169. The molecule has 22 heavy (non-hydrogen) atoms. The Morgan fingerprint density at radius 1 is 1.27 bits per heavy atom. The van der Waals surface area contributed by atoms with Crippen molar-refractivity contribution in [3.05, 3.63) is 59.3 Å². The Hall–Kier alpha value is -2.66. The minimum absolute atomic E-state index is 0.0585. The number of carbonyl (C=O) groups is 1. The van der Waals surface area contributed by atoms with Gasteiger partial charge in [-0.25, -0.2) is 0 Å². The maximum Gasteiger partial charge on any atom is 0.230 e. The van der Waals surface area contributed by atoms with Crippen LogP contribution in [0.15, 0.2) is 47.0 Å². The first kappa shape index (κ1) is 14.3.